The Balaban J connectivity index is 1.59. The Morgan fingerprint density at radius 1 is 1.50 bits per heavy atom. The molecule has 0 aromatic carbocycles. The van der Waals surface area contributed by atoms with Crippen LogP contribution in [0.2, 0.25) is 0 Å². The summed E-state index contributed by atoms with van der Waals surface area (Å²) in [5, 5.41) is 0. The summed E-state index contributed by atoms with van der Waals surface area (Å²) < 4.78 is 7.54. The molecular formula is C17H23N3O2. The first-order valence-corrected chi connectivity index (χ1v) is 8.09. The molecule has 2 aromatic heterocycles. The van der Waals surface area contributed by atoms with Crippen molar-refractivity contribution in [1.29, 1.82) is 0 Å². The lowest BCUT2D eigenvalue weighted by atomic mass is 10.0. The molecular weight excluding hydrogens is 278 g/mol. The van der Waals surface area contributed by atoms with Crippen molar-refractivity contribution in [2.24, 2.45) is 0 Å². The fourth-order valence-corrected chi connectivity index (χ4v) is 3.20. The zero-order valence-corrected chi connectivity index (χ0v) is 13.1. The van der Waals surface area contributed by atoms with E-state index in [1.54, 1.807) is 6.26 Å². The summed E-state index contributed by atoms with van der Waals surface area (Å²) in [5.41, 5.74) is 0. The number of carbonyl (C=O) groups is 1. The second-order valence-corrected chi connectivity index (χ2v) is 5.82. The minimum atomic E-state index is 0.222. The molecule has 0 N–H and O–H groups in total. The van der Waals surface area contributed by atoms with Gasteiger partial charge >= 0.3 is 0 Å². The van der Waals surface area contributed by atoms with E-state index in [0.29, 0.717) is 18.9 Å². The molecule has 0 spiro atoms. The number of imidazole rings is 1. The smallest absolute Gasteiger partial charge is 0.223 e. The Kier molecular flexibility index (Phi) is 4.61. The number of carbonyl (C=O) groups excluding carboxylic acids is 1. The van der Waals surface area contributed by atoms with E-state index >= 15 is 0 Å². The van der Waals surface area contributed by atoms with Crippen LogP contribution >= 0.6 is 0 Å². The van der Waals surface area contributed by atoms with Gasteiger partial charge in [0.2, 0.25) is 5.91 Å². The summed E-state index contributed by atoms with van der Waals surface area (Å²) in [6.07, 6.45) is 9.85. The first kappa shape index (κ1) is 14.9. The van der Waals surface area contributed by atoms with Gasteiger partial charge in [-0.2, -0.15) is 0 Å². The fraction of sp³-hybridized carbons (Fsp3) is 0.529. The molecule has 2 aromatic rings. The van der Waals surface area contributed by atoms with Gasteiger partial charge in [-0.15, -0.1) is 0 Å². The largest absolute Gasteiger partial charge is 0.469 e. The molecule has 0 bridgehead atoms. The molecule has 3 rings (SSSR count). The molecule has 1 fully saturated rings. The van der Waals surface area contributed by atoms with E-state index < -0.39 is 0 Å². The van der Waals surface area contributed by atoms with Crippen molar-refractivity contribution in [3.63, 3.8) is 0 Å². The lowest BCUT2D eigenvalue weighted by Crippen LogP contribution is -2.41. The van der Waals surface area contributed by atoms with E-state index in [4.69, 9.17) is 4.42 Å². The highest BCUT2D eigenvalue weighted by molar-refractivity contribution is 5.76. The van der Waals surface area contributed by atoms with Gasteiger partial charge in [0.05, 0.1) is 12.3 Å². The molecule has 1 aliphatic rings. The Hall–Kier alpha value is -2.04. The predicted molar refractivity (Wildman–Crippen MR) is 83.5 cm³/mol. The second kappa shape index (κ2) is 6.81. The highest BCUT2D eigenvalue weighted by atomic mass is 16.3. The molecule has 0 aliphatic carbocycles. The SMILES string of the molecule is CCc1nccn1[C@@H]1CCCN(C(=O)CCc2ccco2)C1. The van der Waals surface area contributed by atoms with Crippen LogP contribution in [-0.2, 0) is 17.6 Å². The van der Waals surface area contributed by atoms with Crippen molar-refractivity contribution in [3.05, 3.63) is 42.4 Å². The van der Waals surface area contributed by atoms with E-state index in [0.717, 1.165) is 43.9 Å². The normalized spacial score (nSPS) is 18.6. The van der Waals surface area contributed by atoms with Gasteiger partial charge in [-0.25, -0.2) is 4.98 Å². The quantitative estimate of drug-likeness (QED) is 0.853. The van der Waals surface area contributed by atoms with Crippen LogP contribution in [0, 0.1) is 0 Å². The third-order valence-electron chi connectivity index (χ3n) is 4.37. The van der Waals surface area contributed by atoms with Crippen molar-refractivity contribution in [2.45, 2.75) is 45.1 Å². The van der Waals surface area contributed by atoms with Crippen LogP contribution in [-0.4, -0.2) is 33.4 Å². The molecule has 0 unspecified atom stereocenters. The van der Waals surface area contributed by atoms with Crippen LogP contribution in [0.4, 0.5) is 0 Å². The van der Waals surface area contributed by atoms with Crippen molar-refractivity contribution in [2.75, 3.05) is 13.1 Å². The molecule has 1 aliphatic heterocycles. The lowest BCUT2D eigenvalue weighted by Gasteiger charge is -2.34. The van der Waals surface area contributed by atoms with Gasteiger partial charge in [0.1, 0.15) is 11.6 Å². The number of rotatable bonds is 5. The summed E-state index contributed by atoms with van der Waals surface area (Å²) in [6, 6.07) is 4.15. The van der Waals surface area contributed by atoms with Crippen LogP contribution in [0.3, 0.4) is 0 Å². The number of hydrogen-bond donors (Lipinski definition) is 0. The summed E-state index contributed by atoms with van der Waals surface area (Å²) in [5.74, 6) is 2.21. The Morgan fingerprint density at radius 3 is 3.18 bits per heavy atom. The number of hydrogen-bond acceptors (Lipinski definition) is 3. The lowest BCUT2D eigenvalue weighted by molar-refractivity contribution is -0.132. The number of piperidine rings is 1. The fourth-order valence-electron chi connectivity index (χ4n) is 3.20. The molecule has 118 valence electrons. The number of furan rings is 1. The molecule has 1 atom stereocenters. The Bertz CT molecular complexity index is 603. The van der Waals surface area contributed by atoms with Gasteiger partial charge < -0.3 is 13.9 Å². The molecule has 1 amide bonds. The number of aryl methyl sites for hydroxylation is 2. The summed E-state index contributed by atoms with van der Waals surface area (Å²) in [7, 11) is 0. The van der Waals surface area contributed by atoms with Crippen LogP contribution in [0.5, 0.6) is 0 Å². The van der Waals surface area contributed by atoms with Crippen LogP contribution in [0.1, 0.15) is 43.8 Å². The number of nitrogens with zero attached hydrogens (tertiary/aromatic N) is 3. The maximum Gasteiger partial charge on any atom is 0.223 e. The van der Waals surface area contributed by atoms with Crippen molar-refractivity contribution < 1.29 is 9.21 Å². The molecule has 5 nitrogen and oxygen atoms in total. The van der Waals surface area contributed by atoms with E-state index in [1.165, 1.54) is 0 Å². The molecule has 0 saturated carbocycles. The van der Waals surface area contributed by atoms with E-state index in [2.05, 4.69) is 16.5 Å². The average Bonchev–Trinajstić information content (AvgIpc) is 3.23. The molecule has 1 saturated heterocycles. The first-order chi connectivity index (χ1) is 10.8. The van der Waals surface area contributed by atoms with Crippen LogP contribution in [0.25, 0.3) is 0 Å². The predicted octanol–water partition coefficient (Wildman–Crippen LogP) is 2.83. The number of amides is 1. The number of aromatic nitrogens is 2. The van der Waals surface area contributed by atoms with Crippen LogP contribution < -0.4 is 0 Å². The number of likely N-dealkylation sites (tertiary alicyclic amines) is 1. The Morgan fingerprint density at radius 2 is 2.41 bits per heavy atom. The van der Waals surface area contributed by atoms with Crippen molar-refractivity contribution in [1.82, 2.24) is 14.5 Å². The highest BCUT2D eigenvalue weighted by Gasteiger charge is 2.25. The van der Waals surface area contributed by atoms with Gasteiger partial charge in [0.15, 0.2) is 0 Å². The van der Waals surface area contributed by atoms with Crippen molar-refractivity contribution in [3.8, 4) is 0 Å². The zero-order chi connectivity index (χ0) is 15.4. The minimum Gasteiger partial charge on any atom is -0.469 e. The molecule has 5 heteroatoms. The molecule has 22 heavy (non-hydrogen) atoms. The average molecular weight is 301 g/mol. The Labute approximate surface area is 130 Å². The summed E-state index contributed by atoms with van der Waals surface area (Å²) in [6.45, 7) is 3.78. The van der Waals surface area contributed by atoms with Crippen molar-refractivity contribution >= 4 is 5.91 Å². The van der Waals surface area contributed by atoms with Gasteiger partial charge in [0.25, 0.3) is 0 Å². The first-order valence-electron chi connectivity index (χ1n) is 8.09. The topological polar surface area (TPSA) is 51.3 Å². The van der Waals surface area contributed by atoms with E-state index in [-0.39, 0.29) is 5.91 Å². The molecule has 0 radical (unpaired) electrons. The minimum absolute atomic E-state index is 0.222. The maximum absolute atomic E-state index is 12.4. The highest BCUT2D eigenvalue weighted by Crippen LogP contribution is 2.23. The second-order valence-electron chi connectivity index (χ2n) is 5.82. The summed E-state index contributed by atoms with van der Waals surface area (Å²) >= 11 is 0. The maximum atomic E-state index is 12.4. The third kappa shape index (κ3) is 3.24. The monoisotopic (exact) mass is 301 g/mol. The van der Waals surface area contributed by atoms with E-state index in [9.17, 15) is 4.79 Å². The van der Waals surface area contributed by atoms with Gasteiger partial charge in [-0.05, 0) is 25.0 Å². The van der Waals surface area contributed by atoms with Gasteiger partial charge in [0, 0.05) is 44.7 Å². The van der Waals surface area contributed by atoms with Gasteiger partial charge in [-0.1, -0.05) is 6.92 Å². The summed E-state index contributed by atoms with van der Waals surface area (Å²) in [4.78, 5) is 18.8. The van der Waals surface area contributed by atoms with E-state index in [1.807, 2.05) is 29.4 Å². The zero-order valence-electron chi connectivity index (χ0n) is 13.1. The van der Waals surface area contributed by atoms with Crippen LogP contribution in [0.15, 0.2) is 35.2 Å². The third-order valence-corrected chi connectivity index (χ3v) is 4.37. The van der Waals surface area contributed by atoms with Gasteiger partial charge in [-0.3, -0.25) is 4.79 Å². The molecule has 3 heterocycles. The standard InChI is InChI=1S/C17H23N3O2/c1-2-16-18-9-11-20(16)14-5-3-10-19(13-14)17(21)8-7-15-6-4-12-22-15/h4,6,9,11-12,14H,2-3,5,7-8,10,13H2,1H3/t14-/m1/s1.